The Morgan fingerprint density at radius 2 is 2.00 bits per heavy atom. The van der Waals surface area contributed by atoms with Crippen molar-refractivity contribution in [1.82, 2.24) is 14.4 Å². The van der Waals surface area contributed by atoms with Crippen LogP contribution in [0, 0.1) is 18.6 Å². The monoisotopic (exact) mass is 343 g/mol. The minimum absolute atomic E-state index is 0.0533. The van der Waals surface area contributed by atoms with Gasteiger partial charge in [-0.3, -0.25) is 0 Å². The Hall–Kier alpha value is -1.87. The molecule has 6 nitrogen and oxygen atoms in total. The lowest BCUT2D eigenvalue weighted by molar-refractivity contribution is 0.264. The Kier molecular flexibility index (Phi) is 4.15. The predicted molar refractivity (Wildman–Crippen MR) is 76.1 cm³/mol. The smallest absolute Gasteiger partial charge is 0.248 e. The summed E-state index contributed by atoms with van der Waals surface area (Å²) in [7, 11) is -4.26. The first-order chi connectivity index (χ1) is 10.9. The van der Waals surface area contributed by atoms with E-state index in [1.807, 2.05) is 0 Å². The molecule has 124 valence electrons. The summed E-state index contributed by atoms with van der Waals surface area (Å²) in [5.74, 6) is -1.67. The van der Waals surface area contributed by atoms with Crippen LogP contribution < -0.4 is 0 Å². The van der Waals surface area contributed by atoms with E-state index >= 15 is 0 Å². The van der Waals surface area contributed by atoms with Crippen LogP contribution >= 0.6 is 0 Å². The predicted octanol–water partition coefficient (Wildman–Crippen LogP) is 2.22. The second-order valence-corrected chi connectivity index (χ2v) is 7.31. The van der Waals surface area contributed by atoms with Gasteiger partial charge in [0.05, 0.1) is 5.92 Å². The number of piperidine rings is 1. The highest BCUT2D eigenvalue weighted by Gasteiger charge is 2.36. The molecule has 2 aromatic rings. The fourth-order valence-corrected chi connectivity index (χ4v) is 4.33. The number of aryl methyl sites for hydroxylation is 1. The third kappa shape index (κ3) is 2.98. The van der Waals surface area contributed by atoms with Crippen molar-refractivity contribution in [3.05, 3.63) is 41.5 Å². The molecular formula is C14H15F2N3O3S. The quantitative estimate of drug-likeness (QED) is 0.854. The molecule has 0 unspecified atom stereocenters. The van der Waals surface area contributed by atoms with Gasteiger partial charge in [-0.25, -0.2) is 17.2 Å². The van der Waals surface area contributed by atoms with Crippen molar-refractivity contribution in [1.29, 1.82) is 0 Å². The molecule has 1 aromatic carbocycles. The molecule has 1 aliphatic rings. The second-order valence-electron chi connectivity index (χ2n) is 5.43. The lowest BCUT2D eigenvalue weighted by atomic mass is 10.00. The topological polar surface area (TPSA) is 76.3 Å². The third-order valence-electron chi connectivity index (χ3n) is 3.79. The first kappa shape index (κ1) is 16.0. The van der Waals surface area contributed by atoms with Crippen molar-refractivity contribution < 1.29 is 21.7 Å². The van der Waals surface area contributed by atoms with Crippen LogP contribution in [-0.2, 0) is 10.0 Å². The summed E-state index contributed by atoms with van der Waals surface area (Å²) in [5.41, 5.74) is 0. The lowest BCUT2D eigenvalue weighted by Gasteiger charge is -2.30. The van der Waals surface area contributed by atoms with Crippen molar-refractivity contribution in [3.8, 4) is 0 Å². The highest BCUT2D eigenvalue weighted by molar-refractivity contribution is 7.89. The molecule has 0 amide bonds. The second kappa shape index (κ2) is 5.97. The Morgan fingerprint density at radius 3 is 2.61 bits per heavy atom. The first-order valence-corrected chi connectivity index (χ1v) is 8.58. The maximum Gasteiger partial charge on any atom is 0.248 e. The Balaban J connectivity index is 1.91. The molecule has 1 atom stereocenters. The summed E-state index contributed by atoms with van der Waals surface area (Å²) in [6, 6.07) is 2.99. The van der Waals surface area contributed by atoms with Crippen molar-refractivity contribution in [2.24, 2.45) is 0 Å². The van der Waals surface area contributed by atoms with Crippen LogP contribution in [0.5, 0.6) is 0 Å². The molecule has 0 aliphatic carbocycles. The number of aromatic nitrogens is 2. The largest absolute Gasteiger partial charge is 0.339 e. The molecule has 0 spiro atoms. The van der Waals surface area contributed by atoms with Gasteiger partial charge in [0.2, 0.25) is 15.9 Å². The third-order valence-corrected chi connectivity index (χ3v) is 5.71. The zero-order valence-electron chi connectivity index (χ0n) is 12.4. The van der Waals surface area contributed by atoms with Crippen LogP contribution in [-0.4, -0.2) is 36.0 Å². The van der Waals surface area contributed by atoms with Gasteiger partial charge in [0.15, 0.2) is 10.7 Å². The highest BCUT2D eigenvalue weighted by Crippen LogP contribution is 2.31. The van der Waals surface area contributed by atoms with Crippen LogP contribution in [0.2, 0.25) is 0 Å². The Bertz CT molecular complexity index is 802. The van der Waals surface area contributed by atoms with E-state index in [2.05, 4.69) is 10.1 Å². The van der Waals surface area contributed by atoms with Gasteiger partial charge in [-0.1, -0.05) is 11.2 Å². The fraction of sp³-hybridized carbons (Fsp3) is 0.429. The first-order valence-electron chi connectivity index (χ1n) is 7.14. The zero-order valence-corrected chi connectivity index (χ0v) is 13.2. The van der Waals surface area contributed by atoms with E-state index in [1.54, 1.807) is 6.92 Å². The summed E-state index contributed by atoms with van der Waals surface area (Å²) < 4.78 is 59.0. The van der Waals surface area contributed by atoms with E-state index in [-0.39, 0.29) is 19.0 Å². The van der Waals surface area contributed by atoms with Gasteiger partial charge in [-0.15, -0.1) is 0 Å². The molecule has 9 heteroatoms. The summed E-state index contributed by atoms with van der Waals surface area (Å²) in [6.07, 6.45) is 1.22. The maximum absolute atomic E-state index is 13.8. The minimum Gasteiger partial charge on any atom is -0.339 e. The number of rotatable bonds is 3. The molecular weight excluding hydrogens is 328 g/mol. The Morgan fingerprint density at radius 1 is 1.30 bits per heavy atom. The standard InChI is InChI=1S/C14H15F2N3O3S/c1-9-17-14(22-18-9)10-4-3-7-19(8-10)23(20,21)13-11(15)5-2-6-12(13)16/h2,5-6,10H,3-4,7-8H2,1H3/t10-/m0/s1. The van der Waals surface area contributed by atoms with E-state index < -0.39 is 26.6 Å². The molecule has 1 aromatic heterocycles. The number of sulfonamides is 1. The normalized spacial score (nSPS) is 19.9. The number of benzene rings is 1. The van der Waals surface area contributed by atoms with Gasteiger partial charge >= 0.3 is 0 Å². The number of halogens is 2. The van der Waals surface area contributed by atoms with Gasteiger partial charge in [0, 0.05) is 13.1 Å². The molecule has 23 heavy (non-hydrogen) atoms. The van der Waals surface area contributed by atoms with Crippen molar-refractivity contribution in [2.45, 2.75) is 30.6 Å². The number of hydrogen-bond acceptors (Lipinski definition) is 5. The zero-order chi connectivity index (χ0) is 16.6. The van der Waals surface area contributed by atoms with Gasteiger partial charge in [-0.05, 0) is 31.9 Å². The Labute approximate surface area is 132 Å². The van der Waals surface area contributed by atoms with Crippen LogP contribution in [0.1, 0.15) is 30.5 Å². The molecule has 1 aliphatic heterocycles. The molecule has 1 fully saturated rings. The molecule has 2 heterocycles. The average Bonchev–Trinajstić information content (AvgIpc) is 2.94. The average molecular weight is 343 g/mol. The van der Waals surface area contributed by atoms with Gasteiger partial charge in [-0.2, -0.15) is 9.29 Å². The van der Waals surface area contributed by atoms with E-state index in [1.165, 1.54) is 0 Å². The summed E-state index contributed by atoms with van der Waals surface area (Å²) in [6.45, 7) is 1.91. The van der Waals surface area contributed by atoms with E-state index in [0.29, 0.717) is 24.6 Å². The van der Waals surface area contributed by atoms with E-state index in [9.17, 15) is 17.2 Å². The van der Waals surface area contributed by atoms with Crippen molar-refractivity contribution in [2.75, 3.05) is 13.1 Å². The van der Waals surface area contributed by atoms with Crippen molar-refractivity contribution in [3.63, 3.8) is 0 Å². The SMILES string of the molecule is Cc1noc([C@H]2CCCN(S(=O)(=O)c3c(F)cccc3F)C2)n1. The minimum atomic E-state index is -4.26. The summed E-state index contributed by atoms with van der Waals surface area (Å²) in [5, 5.41) is 3.69. The van der Waals surface area contributed by atoms with Crippen LogP contribution in [0.3, 0.4) is 0 Å². The number of nitrogens with zero attached hydrogens (tertiary/aromatic N) is 3. The van der Waals surface area contributed by atoms with Crippen LogP contribution in [0.4, 0.5) is 8.78 Å². The van der Waals surface area contributed by atoms with E-state index in [4.69, 9.17) is 4.52 Å². The maximum atomic E-state index is 13.8. The summed E-state index contributed by atoms with van der Waals surface area (Å²) in [4.78, 5) is 3.20. The molecule has 0 bridgehead atoms. The van der Waals surface area contributed by atoms with Crippen molar-refractivity contribution >= 4 is 10.0 Å². The van der Waals surface area contributed by atoms with Crippen LogP contribution in [0.25, 0.3) is 0 Å². The fourth-order valence-electron chi connectivity index (χ4n) is 2.70. The highest BCUT2D eigenvalue weighted by atomic mass is 32.2. The summed E-state index contributed by atoms with van der Waals surface area (Å²) >= 11 is 0. The van der Waals surface area contributed by atoms with Gasteiger partial charge in [0.25, 0.3) is 0 Å². The van der Waals surface area contributed by atoms with Crippen LogP contribution in [0.15, 0.2) is 27.6 Å². The molecule has 3 rings (SSSR count). The van der Waals surface area contributed by atoms with E-state index in [0.717, 1.165) is 22.5 Å². The molecule has 0 N–H and O–H groups in total. The van der Waals surface area contributed by atoms with Gasteiger partial charge in [0.1, 0.15) is 11.6 Å². The molecule has 0 saturated carbocycles. The molecule has 1 saturated heterocycles. The lowest BCUT2D eigenvalue weighted by Crippen LogP contribution is -2.39. The number of hydrogen-bond donors (Lipinski definition) is 0. The van der Waals surface area contributed by atoms with Gasteiger partial charge < -0.3 is 4.52 Å². The molecule has 0 radical (unpaired) electrons.